The van der Waals surface area contributed by atoms with Gasteiger partial charge in [-0.15, -0.1) is 0 Å². The number of carbonyl (C=O) groups is 2. The number of rotatable bonds is 4. The summed E-state index contributed by atoms with van der Waals surface area (Å²) in [6.45, 7) is 1.77. The molecule has 1 fully saturated rings. The zero-order chi connectivity index (χ0) is 16.2. The van der Waals surface area contributed by atoms with Crippen molar-refractivity contribution < 1.29 is 9.59 Å². The molecule has 1 aromatic carbocycles. The van der Waals surface area contributed by atoms with Crippen molar-refractivity contribution in [2.75, 3.05) is 0 Å². The Balaban J connectivity index is 1.57. The van der Waals surface area contributed by atoms with Crippen LogP contribution in [0.1, 0.15) is 62.6 Å². The highest BCUT2D eigenvalue weighted by molar-refractivity contribution is 5.88. The molecule has 2 atom stereocenters. The van der Waals surface area contributed by atoms with Crippen LogP contribution in [0.5, 0.6) is 0 Å². The van der Waals surface area contributed by atoms with Gasteiger partial charge in [0.25, 0.3) is 0 Å². The van der Waals surface area contributed by atoms with Crippen molar-refractivity contribution in [3.63, 3.8) is 0 Å². The third-order valence-electron chi connectivity index (χ3n) is 5.16. The second kappa shape index (κ2) is 7.16. The maximum atomic E-state index is 12.4. The highest BCUT2D eigenvalue weighted by atomic mass is 16.2. The summed E-state index contributed by atoms with van der Waals surface area (Å²) in [5.74, 6) is 0.0490. The van der Waals surface area contributed by atoms with E-state index in [2.05, 4.69) is 22.8 Å². The SMILES string of the molecule is C[C@H](NC(=O)C1CCCC1)C(=O)N[C@H]1CCCc2ccccc21. The van der Waals surface area contributed by atoms with Crippen molar-refractivity contribution in [1.82, 2.24) is 10.6 Å². The van der Waals surface area contributed by atoms with Crippen LogP contribution in [-0.2, 0) is 16.0 Å². The quantitative estimate of drug-likeness (QED) is 0.898. The third-order valence-corrected chi connectivity index (χ3v) is 5.16. The van der Waals surface area contributed by atoms with Gasteiger partial charge in [-0.2, -0.15) is 0 Å². The van der Waals surface area contributed by atoms with Crippen LogP contribution in [0.15, 0.2) is 24.3 Å². The van der Waals surface area contributed by atoms with Crippen LogP contribution >= 0.6 is 0 Å². The lowest BCUT2D eigenvalue weighted by molar-refractivity contribution is -0.131. The molecule has 0 spiro atoms. The molecule has 3 rings (SSSR count). The third kappa shape index (κ3) is 3.74. The van der Waals surface area contributed by atoms with Gasteiger partial charge in [0.1, 0.15) is 6.04 Å². The minimum absolute atomic E-state index is 0.0363. The van der Waals surface area contributed by atoms with E-state index in [4.69, 9.17) is 0 Å². The maximum Gasteiger partial charge on any atom is 0.242 e. The van der Waals surface area contributed by atoms with Gasteiger partial charge < -0.3 is 10.6 Å². The molecular weight excluding hydrogens is 288 g/mol. The molecule has 23 heavy (non-hydrogen) atoms. The van der Waals surface area contributed by atoms with E-state index in [0.717, 1.165) is 44.9 Å². The molecule has 1 saturated carbocycles. The Labute approximate surface area is 138 Å². The second-order valence-corrected chi connectivity index (χ2v) is 6.86. The molecule has 0 heterocycles. The first kappa shape index (κ1) is 16.0. The number of benzene rings is 1. The molecule has 0 saturated heterocycles. The number of amides is 2. The maximum absolute atomic E-state index is 12.4. The Morgan fingerprint density at radius 3 is 2.61 bits per heavy atom. The zero-order valence-electron chi connectivity index (χ0n) is 13.8. The van der Waals surface area contributed by atoms with E-state index in [1.165, 1.54) is 11.1 Å². The van der Waals surface area contributed by atoms with Gasteiger partial charge in [-0.3, -0.25) is 9.59 Å². The Hall–Kier alpha value is -1.84. The molecule has 2 N–H and O–H groups in total. The normalized spacial score (nSPS) is 22.2. The fraction of sp³-hybridized carbons (Fsp3) is 0.579. The molecule has 2 aliphatic rings. The lowest BCUT2D eigenvalue weighted by atomic mass is 9.87. The van der Waals surface area contributed by atoms with Crippen molar-refractivity contribution in [1.29, 1.82) is 0 Å². The summed E-state index contributed by atoms with van der Waals surface area (Å²) in [5.41, 5.74) is 2.55. The van der Waals surface area contributed by atoms with E-state index < -0.39 is 6.04 Å². The summed E-state index contributed by atoms with van der Waals surface area (Å²) in [6.07, 6.45) is 7.29. The molecule has 124 valence electrons. The van der Waals surface area contributed by atoms with Gasteiger partial charge in [0.05, 0.1) is 6.04 Å². The van der Waals surface area contributed by atoms with Gasteiger partial charge in [-0.25, -0.2) is 0 Å². The first-order chi connectivity index (χ1) is 11.1. The van der Waals surface area contributed by atoms with E-state index >= 15 is 0 Å². The van der Waals surface area contributed by atoms with Crippen molar-refractivity contribution in [2.24, 2.45) is 5.92 Å². The first-order valence-corrected chi connectivity index (χ1v) is 8.83. The molecule has 2 amide bonds. The largest absolute Gasteiger partial charge is 0.348 e. The Morgan fingerprint density at radius 2 is 1.83 bits per heavy atom. The van der Waals surface area contributed by atoms with Gasteiger partial charge in [0.2, 0.25) is 11.8 Å². The molecule has 4 heteroatoms. The topological polar surface area (TPSA) is 58.2 Å². The fourth-order valence-corrected chi connectivity index (χ4v) is 3.79. The van der Waals surface area contributed by atoms with Crippen molar-refractivity contribution >= 4 is 11.8 Å². The van der Waals surface area contributed by atoms with Crippen molar-refractivity contribution in [3.8, 4) is 0 Å². The van der Waals surface area contributed by atoms with E-state index in [-0.39, 0.29) is 23.8 Å². The fourth-order valence-electron chi connectivity index (χ4n) is 3.79. The van der Waals surface area contributed by atoms with Crippen molar-refractivity contribution in [3.05, 3.63) is 35.4 Å². The summed E-state index contributed by atoms with van der Waals surface area (Å²) >= 11 is 0. The zero-order valence-corrected chi connectivity index (χ0v) is 13.8. The summed E-state index contributed by atoms with van der Waals surface area (Å²) in [5, 5.41) is 6.00. The summed E-state index contributed by atoms with van der Waals surface area (Å²) in [7, 11) is 0. The van der Waals surface area contributed by atoms with Crippen LogP contribution in [-0.4, -0.2) is 17.9 Å². The van der Waals surface area contributed by atoms with Crippen LogP contribution in [0, 0.1) is 5.92 Å². The number of carbonyl (C=O) groups excluding carboxylic acids is 2. The van der Waals surface area contributed by atoms with Crippen LogP contribution in [0.2, 0.25) is 0 Å². The van der Waals surface area contributed by atoms with Crippen LogP contribution in [0.25, 0.3) is 0 Å². The van der Waals surface area contributed by atoms with Gasteiger partial charge in [0.15, 0.2) is 0 Å². The minimum Gasteiger partial charge on any atom is -0.348 e. The Kier molecular flexibility index (Phi) is 4.99. The number of hydrogen-bond acceptors (Lipinski definition) is 2. The molecule has 4 nitrogen and oxygen atoms in total. The molecule has 2 aliphatic carbocycles. The molecule has 0 unspecified atom stereocenters. The molecule has 0 bridgehead atoms. The predicted molar refractivity (Wildman–Crippen MR) is 89.8 cm³/mol. The minimum atomic E-state index is -0.475. The highest BCUT2D eigenvalue weighted by Crippen LogP contribution is 2.29. The average molecular weight is 314 g/mol. The smallest absolute Gasteiger partial charge is 0.242 e. The predicted octanol–water partition coefficient (Wildman–Crippen LogP) is 2.88. The number of fused-ring (bicyclic) bond motifs is 1. The lowest BCUT2D eigenvalue weighted by Gasteiger charge is -2.28. The highest BCUT2D eigenvalue weighted by Gasteiger charge is 2.27. The van der Waals surface area contributed by atoms with E-state index in [1.54, 1.807) is 6.92 Å². The Bertz CT molecular complexity index is 578. The summed E-state index contributed by atoms with van der Waals surface area (Å²) in [6, 6.07) is 7.90. The van der Waals surface area contributed by atoms with Crippen LogP contribution < -0.4 is 10.6 Å². The average Bonchev–Trinajstić information content (AvgIpc) is 3.09. The molecule has 0 aliphatic heterocycles. The van der Waals surface area contributed by atoms with Gasteiger partial charge >= 0.3 is 0 Å². The molecule has 1 aromatic rings. The van der Waals surface area contributed by atoms with Gasteiger partial charge in [-0.1, -0.05) is 37.1 Å². The van der Waals surface area contributed by atoms with Gasteiger partial charge in [0, 0.05) is 5.92 Å². The molecule has 0 radical (unpaired) electrons. The lowest BCUT2D eigenvalue weighted by Crippen LogP contribution is -2.47. The molecular formula is C19H26N2O2. The van der Waals surface area contributed by atoms with Crippen LogP contribution in [0.3, 0.4) is 0 Å². The van der Waals surface area contributed by atoms with E-state index in [0.29, 0.717) is 0 Å². The summed E-state index contributed by atoms with van der Waals surface area (Å²) in [4.78, 5) is 24.6. The number of aryl methyl sites for hydroxylation is 1. The van der Waals surface area contributed by atoms with Crippen LogP contribution in [0.4, 0.5) is 0 Å². The first-order valence-electron chi connectivity index (χ1n) is 8.83. The second-order valence-electron chi connectivity index (χ2n) is 6.86. The van der Waals surface area contributed by atoms with Gasteiger partial charge in [-0.05, 0) is 50.2 Å². The van der Waals surface area contributed by atoms with E-state index in [9.17, 15) is 9.59 Å². The number of hydrogen-bond donors (Lipinski definition) is 2. The Morgan fingerprint density at radius 1 is 1.09 bits per heavy atom. The monoisotopic (exact) mass is 314 g/mol. The molecule has 0 aromatic heterocycles. The number of nitrogens with one attached hydrogen (secondary N) is 2. The summed E-state index contributed by atoms with van der Waals surface area (Å²) < 4.78 is 0. The van der Waals surface area contributed by atoms with Crippen molar-refractivity contribution in [2.45, 2.75) is 64.0 Å². The van der Waals surface area contributed by atoms with E-state index in [1.807, 2.05) is 12.1 Å². The standard InChI is InChI=1S/C19H26N2O2/c1-13(20-19(23)15-8-2-3-9-15)18(22)21-17-12-6-10-14-7-4-5-11-16(14)17/h4-5,7,11,13,15,17H,2-3,6,8-10,12H2,1H3,(H,20,23)(H,21,22)/t13-,17-/m0/s1.